The standard InChI is InChI=1S/C12H25ClN2O4S2/c1-2-10-21(18,19)15-8-5-12(6-9-15)14-20(16,17)11-4-3-7-13/h12,14H,2-11H2,1H3. The minimum absolute atomic E-state index is 0.0774. The Morgan fingerprint density at radius 1 is 1.10 bits per heavy atom. The molecule has 0 aromatic rings. The van der Waals surface area contributed by atoms with E-state index in [-0.39, 0.29) is 17.5 Å². The predicted octanol–water partition coefficient (Wildman–Crippen LogP) is 1.13. The third-order valence-electron chi connectivity index (χ3n) is 3.45. The maximum absolute atomic E-state index is 11.9. The number of sulfonamides is 2. The highest BCUT2D eigenvalue weighted by Crippen LogP contribution is 2.16. The fourth-order valence-electron chi connectivity index (χ4n) is 2.34. The molecule has 0 spiro atoms. The van der Waals surface area contributed by atoms with Crippen molar-refractivity contribution >= 4 is 31.6 Å². The second-order valence-electron chi connectivity index (χ2n) is 5.32. The van der Waals surface area contributed by atoms with Crippen LogP contribution in [0.4, 0.5) is 0 Å². The maximum Gasteiger partial charge on any atom is 0.214 e. The van der Waals surface area contributed by atoms with Gasteiger partial charge in [-0.05, 0) is 32.1 Å². The van der Waals surface area contributed by atoms with Gasteiger partial charge in [-0.25, -0.2) is 25.9 Å². The monoisotopic (exact) mass is 360 g/mol. The van der Waals surface area contributed by atoms with Crippen molar-refractivity contribution in [3.8, 4) is 0 Å². The quantitative estimate of drug-likeness (QED) is 0.493. The summed E-state index contributed by atoms with van der Waals surface area (Å²) in [7, 11) is -6.47. The van der Waals surface area contributed by atoms with Gasteiger partial charge >= 0.3 is 0 Å². The number of rotatable bonds is 9. The molecule has 0 bridgehead atoms. The van der Waals surface area contributed by atoms with Gasteiger partial charge in [0, 0.05) is 25.0 Å². The zero-order valence-corrected chi connectivity index (χ0v) is 14.8. The van der Waals surface area contributed by atoms with Crippen molar-refractivity contribution in [2.24, 2.45) is 0 Å². The number of nitrogens with one attached hydrogen (secondary N) is 1. The molecule has 1 aliphatic heterocycles. The minimum atomic E-state index is -3.29. The summed E-state index contributed by atoms with van der Waals surface area (Å²) in [6.07, 6.45) is 2.86. The van der Waals surface area contributed by atoms with Crippen LogP contribution in [-0.2, 0) is 20.0 Å². The molecule has 0 atom stereocenters. The normalized spacial score (nSPS) is 19.0. The topological polar surface area (TPSA) is 83.6 Å². The smallest absolute Gasteiger partial charge is 0.212 e. The molecule has 1 aliphatic rings. The van der Waals surface area contributed by atoms with Crippen LogP contribution in [0.15, 0.2) is 0 Å². The van der Waals surface area contributed by atoms with Crippen molar-refractivity contribution in [3.05, 3.63) is 0 Å². The second-order valence-corrected chi connectivity index (χ2v) is 9.66. The molecule has 21 heavy (non-hydrogen) atoms. The van der Waals surface area contributed by atoms with Crippen LogP contribution in [0.5, 0.6) is 0 Å². The SMILES string of the molecule is CCCS(=O)(=O)N1CCC(NS(=O)(=O)CCCCCl)CC1. The molecule has 1 fully saturated rings. The van der Waals surface area contributed by atoms with E-state index in [1.54, 1.807) is 0 Å². The van der Waals surface area contributed by atoms with Crippen molar-refractivity contribution in [1.29, 1.82) is 0 Å². The molecule has 126 valence electrons. The summed E-state index contributed by atoms with van der Waals surface area (Å²) in [5.41, 5.74) is 0. The van der Waals surface area contributed by atoms with Crippen LogP contribution >= 0.6 is 11.6 Å². The van der Waals surface area contributed by atoms with Gasteiger partial charge in [0.1, 0.15) is 0 Å². The van der Waals surface area contributed by atoms with Crippen molar-refractivity contribution in [2.75, 3.05) is 30.5 Å². The Balaban J connectivity index is 2.43. The average Bonchev–Trinajstić information content (AvgIpc) is 2.39. The fourth-order valence-corrected chi connectivity index (χ4v) is 5.51. The van der Waals surface area contributed by atoms with Crippen LogP contribution in [0, 0.1) is 0 Å². The molecule has 0 unspecified atom stereocenters. The van der Waals surface area contributed by atoms with Gasteiger partial charge in [-0.15, -0.1) is 11.6 Å². The maximum atomic E-state index is 11.9. The highest BCUT2D eigenvalue weighted by Gasteiger charge is 2.29. The lowest BCUT2D eigenvalue weighted by Gasteiger charge is -2.31. The number of piperidine rings is 1. The Bertz CT molecular complexity index is 499. The van der Waals surface area contributed by atoms with Crippen LogP contribution in [0.3, 0.4) is 0 Å². The third kappa shape index (κ3) is 6.81. The Hall–Kier alpha value is 0.110. The van der Waals surface area contributed by atoms with Crippen LogP contribution in [-0.4, -0.2) is 57.7 Å². The van der Waals surface area contributed by atoms with Gasteiger partial charge in [0.2, 0.25) is 20.0 Å². The van der Waals surface area contributed by atoms with Crippen molar-refractivity contribution in [1.82, 2.24) is 9.03 Å². The lowest BCUT2D eigenvalue weighted by Crippen LogP contribution is -2.47. The van der Waals surface area contributed by atoms with E-state index in [1.807, 2.05) is 6.92 Å². The number of halogens is 1. The van der Waals surface area contributed by atoms with E-state index in [9.17, 15) is 16.8 Å². The average molecular weight is 361 g/mol. The molecule has 9 heteroatoms. The first-order chi connectivity index (χ1) is 9.80. The number of hydrogen-bond donors (Lipinski definition) is 1. The molecule has 6 nitrogen and oxygen atoms in total. The molecule has 1 saturated heterocycles. The highest BCUT2D eigenvalue weighted by molar-refractivity contribution is 7.89. The molecule has 0 saturated carbocycles. The third-order valence-corrected chi connectivity index (χ3v) is 7.31. The summed E-state index contributed by atoms with van der Waals surface area (Å²) in [6.45, 7) is 2.60. The van der Waals surface area contributed by atoms with E-state index in [1.165, 1.54) is 4.31 Å². The van der Waals surface area contributed by atoms with Gasteiger partial charge in [0.25, 0.3) is 0 Å². The van der Waals surface area contributed by atoms with Crippen LogP contribution < -0.4 is 4.72 Å². The van der Waals surface area contributed by atoms with Gasteiger partial charge in [0.15, 0.2) is 0 Å². The Morgan fingerprint density at radius 2 is 1.71 bits per heavy atom. The van der Waals surface area contributed by atoms with E-state index in [0.717, 1.165) is 0 Å². The predicted molar refractivity (Wildman–Crippen MR) is 85.5 cm³/mol. The lowest BCUT2D eigenvalue weighted by molar-refractivity contribution is 0.308. The number of alkyl halides is 1. The summed E-state index contributed by atoms with van der Waals surface area (Å²) >= 11 is 5.53. The number of hydrogen-bond acceptors (Lipinski definition) is 4. The van der Waals surface area contributed by atoms with E-state index < -0.39 is 20.0 Å². The molecule has 0 aromatic heterocycles. The van der Waals surface area contributed by atoms with Crippen molar-refractivity contribution < 1.29 is 16.8 Å². The summed E-state index contributed by atoms with van der Waals surface area (Å²) in [6, 6.07) is -0.168. The van der Waals surface area contributed by atoms with Gasteiger partial charge < -0.3 is 0 Å². The van der Waals surface area contributed by atoms with E-state index in [4.69, 9.17) is 11.6 Å². The lowest BCUT2D eigenvalue weighted by atomic mass is 10.1. The molecule has 1 heterocycles. The molecule has 1 N–H and O–H groups in total. The largest absolute Gasteiger partial charge is 0.214 e. The first-order valence-electron chi connectivity index (χ1n) is 7.34. The zero-order valence-electron chi connectivity index (χ0n) is 12.4. The molecular formula is C12H25ClN2O4S2. The van der Waals surface area contributed by atoms with Crippen LogP contribution in [0.2, 0.25) is 0 Å². The van der Waals surface area contributed by atoms with E-state index >= 15 is 0 Å². The molecule has 0 amide bonds. The van der Waals surface area contributed by atoms with Gasteiger partial charge in [-0.2, -0.15) is 0 Å². The van der Waals surface area contributed by atoms with Crippen LogP contribution in [0.1, 0.15) is 39.0 Å². The Kier molecular flexibility index (Phi) is 7.91. The first-order valence-corrected chi connectivity index (χ1v) is 11.1. The molecule has 0 aromatic carbocycles. The summed E-state index contributed by atoms with van der Waals surface area (Å²) in [4.78, 5) is 0. The summed E-state index contributed by atoms with van der Waals surface area (Å²) < 4.78 is 51.7. The molecule has 1 rings (SSSR count). The summed E-state index contributed by atoms with van der Waals surface area (Å²) in [5, 5.41) is 0. The summed E-state index contributed by atoms with van der Waals surface area (Å²) in [5.74, 6) is 0.694. The Labute approximate surface area is 133 Å². The number of unbranched alkanes of at least 4 members (excludes halogenated alkanes) is 1. The Morgan fingerprint density at radius 3 is 2.24 bits per heavy atom. The van der Waals surface area contributed by atoms with E-state index in [2.05, 4.69) is 4.72 Å². The van der Waals surface area contributed by atoms with Crippen molar-refractivity contribution in [2.45, 2.75) is 45.1 Å². The molecular weight excluding hydrogens is 336 g/mol. The fraction of sp³-hybridized carbons (Fsp3) is 1.00. The van der Waals surface area contributed by atoms with Crippen LogP contribution in [0.25, 0.3) is 0 Å². The zero-order chi connectivity index (χ0) is 15.9. The van der Waals surface area contributed by atoms with E-state index in [0.29, 0.717) is 51.1 Å². The molecule has 0 aliphatic carbocycles. The minimum Gasteiger partial charge on any atom is -0.212 e. The second kappa shape index (κ2) is 8.67. The number of nitrogens with zero attached hydrogens (tertiary/aromatic N) is 1. The highest BCUT2D eigenvalue weighted by atomic mass is 35.5. The first kappa shape index (κ1) is 19.2. The van der Waals surface area contributed by atoms with Crippen molar-refractivity contribution in [3.63, 3.8) is 0 Å². The van der Waals surface area contributed by atoms with Gasteiger partial charge in [-0.1, -0.05) is 6.92 Å². The van der Waals surface area contributed by atoms with Gasteiger partial charge in [-0.3, -0.25) is 0 Å². The van der Waals surface area contributed by atoms with Gasteiger partial charge in [0.05, 0.1) is 11.5 Å². The molecule has 0 radical (unpaired) electrons.